The summed E-state index contributed by atoms with van der Waals surface area (Å²) in [6.45, 7) is 1.86. The van der Waals surface area contributed by atoms with Crippen molar-refractivity contribution in [3.63, 3.8) is 0 Å². The number of benzene rings is 1. The molecule has 0 fully saturated rings. The van der Waals surface area contributed by atoms with Crippen LogP contribution in [0, 0.1) is 5.82 Å². The molecule has 0 saturated carbocycles. The molecular formula is C9H12FNO. The molecule has 1 atom stereocenters. The number of nitrogens with one attached hydrogen (secondary N) is 1. The summed E-state index contributed by atoms with van der Waals surface area (Å²) >= 11 is 0. The fraction of sp³-hybridized carbons (Fsp3) is 0.333. The third-order valence-electron chi connectivity index (χ3n) is 1.92. The fourth-order valence-corrected chi connectivity index (χ4v) is 1.04. The molecule has 0 aromatic heterocycles. The molecule has 0 heterocycles. The van der Waals surface area contributed by atoms with Crippen molar-refractivity contribution in [2.75, 3.05) is 7.05 Å². The first kappa shape index (κ1) is 9.00. The van der Waals surface area contributed by atoms with Crippen molar-refractivity contribution in [3.05, 3.63) is 29.6 Å². The first-order valence-electron chi connectivity index (χ1n) is 3.81. The molecule has 1 aromatic rings. The zero-order valence-electron chi connectivity index (χ0n) is 7.13. The van der Waals surface area contributed by atoms with Crippen molar-refractivity contribution < 1.29 is 9.50 Å². The van der Waals surface area contributed by atoms with Gasteiger partial charge in [-0.05, 0) is 20.0 Å². The van der Waals surface area contributed by atoms with Crippen molar-refractivity contribution in [3.8, 4) is 5.75 Å². The van der Waals surface area contributed by atoms with E-state index in [1.807, 2.05) is 6.92 Å². The molecule has 0 spiro atoms. The Morgan fingerprint density at radius 1 is 1.50 bits per heavy atom. The number of para-hydroxylation sites is 1. The number of rotatable bonds is 2. The molecule has 0 aliphatic heterocycles. The second-order valence-electron chi connectivity index (χ2n) is 2.69. The smallest absolute Gasteiger partial charge is 0.165 e. The number of hydrogen-bond acceptors (Lipinski definition) is 2. The number of phenols is 1. The Morgan fingerprint density at radius 2 is 2.17 bits per heavy atom. The van der Waals surface area contributed by atoms with E-state index in [1.165, 1.54) is 6.07 Å². The van der Waals surface area contributed by atoms with Crippen molar-refractivity contribution >= 4 is 0 Å². The topological polar surface area (TPSA) is 32.3 Å². The van der Waals surface area contributed by atoms with E-state index in [9.17, 15) is 9.50 Å². The largest absolute Gasteiger partial charge is 0.505 e. The van der Waals surface area contributed by atoms with Gasteiger partial charge in [-0.2, -0.15) is 0 Å². The van der Waals surface area contributed by atoms with Crippen LogP contribution in [-0.4, -0.2) is 12.2 Å². The summed E-state index contributed by atoms with van der Waals surface area (Å²) in [5, 5.41) is 12.2. The van der Waals surface area contributed by atoms with Gasteiger partial charge in [0.1, 0.15) is 0 Å². The molecule has 0 aliphatic carbocycles. The summed E-state index contributed by atoms with van der Waals surface area (Å²) in [6, 6.07) is 4.47. The maximum Gasteiger partial charge on any atom is 0.165 e. The number of phenolic OH excluding ortho intramolecular Hbond substituents is 1. The minimum Gasteiger partial charge on any atom is -0.505 e. The molecule has 66 valence electrons. The van der Waals surface area contributed by atoms with Crippen LogP contribution in [0.5, 0.6) is 5.75 Å². The van der Waals surface area contributed by atoms with Crippen LogP contribution in [0.25, 0.3) is 0 Å². The van der Waals surface area contributed by atoms with Crippen LogP contribution in [0.1, 0.15) is 18.5 Å². The zero-order chi connectivity index (χ0) is 9.14. The number of aromatic hydroxyl groups is 1. The minimum atomic E-state index is -0.574. The number of hydrogen-bond donors (Lipinski definition) is 2. The average Bonchev–Trinajstić information content (AvgIpc) is 2.08. The lowest BCUT2D eigenvalue weighted by Crippen LogP contribution is -2.12. The van der Waals surface area contributed by atoms with Gasteiger partial charge in [0.15, 0.2) is 11.6 Å². The van der Waals surface area contributed by atoms with E-state index in [-0.39, 0.29) is 11.8 Å². The van der Waals surface area contributed by atoms with Gasteiger partial charge in [0.2, 0.25) is 0 Å². The molecule has 1 aromatic carbocycles. The van der Waals surface area contributed by atoms with E-state index in [1.54, 1.807) is 19.2 Å². The molecule has 0 bridgehead atoms. The van der Waals surface area contributed by atoms with Crippen molar-refractivity contribution in [1.29, 1.82) is 0 Å². The van der Waals surface area contributed by atoms with Crippen LogP contribution >= 0.6 is 0 Å². The van der Waals surface area contributed by atoms with Gasteiger partial charge in [-0.25, -0.2) is 4.39 Å². The Balaban J connectivity index is 3.07. The summed E-state index contributed by atoms with van der Waals surface area (Å²) < 4.78 is 12.8. The Kier molecular flexibility index (Phi) is 2.65. The fourth-order valence-electron chi connectivity index (χ4n) is 1.04. The minimum absolute atomic E-state index is 0.0410. The lowest BCUT2D eigenvalue weighted by molar-refractivity contribution is 0.418. The first-order valence-corrected chi connectivity index (χ1v) is 3.81. The highest BCUT2D eigenvalue weighted by Gasteiger charge is 2.10. The highest BCUT2D eigenvalue weighted by molar-refractivity contribution is 5.35. The Morgan fingerprint density at radius 3 is 2.75 bits per heavy atom. The summed E-state index contributed by atoms with van der Waals surface area (Å²) in [7, 11) is 1.76. The predicted octanol–water partition coefficient (Wildman–Crippen LogP) is 1.81. The summed E-state index contributed by atoms with van der Waals surface area (Å²) in [4.78, 5) is 0. The molecular weight excluding hydrogens is 157 g/mol. The van der Waals surface area contributed by atoms with Gasteiger partial charge in [-0.3, -0.25) is 0 Å². The SMILES string of the molecule is CNC(C)c1cccc(F)c1O. The van der Waals surface area contributed by atoms with Crippen LogP contribution in [-0.2, 0) is 0 Å². The third kappa shape index (κ3) is 1.56. The molecule has 3 heteroatoms. The van der Waals surface area contributed by atoms with E-state index in [4.69, 9.17) is 0 Å². The monoisotopic (exact) mass is 169 g/mol. The second-order valence-corrected chi connectivity index (χ2v) is 2.69. The van der Waals surface area contributed by atoms with E-state index in [0.29, 0.717) is 5.56 Å². The lowest BCUT2D eigenvalue weighted by atomic mass is 10.1. The first-order chi connectivity index (χ1) is 5.66. The molecule has 0 amide bonds. The van der Waals surface area contributed by atoms with Crippen LogP contribution in [0.2, 0.25) is 0 Å². The van der Waals surface area contributed by atoms with Gasteiger partial charge < -0.3 is 10.4 Å². The quantitative estimate of drug-likeness (QED) is 0.707. The molecule has 2 nitrogen and oxygen atoms in total. The molecule has 0 radical (unpaired) electrons. The standard InChI is InChI=1S/C9H12FNO/c1-6(11-2)7-4-3-5-8(10)9(7)12/h3-6,11-12H,1-2H3. The van der Waals surface area contributed by atoms with Crippen LogP contribution in [0.3, 0.4) is 0 Å². The zero-order valence-corrected chi connectivity index (χ0v) is 7.13. The Bertz CT molecular complexity index is 275. The van der Waals surface area contributed by atoms with Gasteiger partial charge in [0, 0.05) is 11.6 Å². The van der Waals surface area contributed by atoms with Gasteiger partial charge in [0.05, 0.1) is 0 Å². The van der Waals surface area contributed by atoms with E-state index in [2.05, 4.69) is 5.32 Å². The summed E-state index contributed by atoms with van der Waals surface area (Å²) in [5.41, 5.74) is 0.581. The molecule has 0 aliphatic rings. The molecule has 2 N–H and O–H groups in total. The maximum atomic E-state index is 12.8. The van der Waals surface area contributed by atoms with Crippen molar-refractivity contribution in [2.24, 2.45) is 0 Å². The van der Waals surface area contributed by atoms with Crippen LogP contribution in [0.4, 0.5) is 4.39 Å². The normalized spacial score (nSPS) is 12.9. The van der Waals surface area contributed by atoms with Gasteiger partial charge in [-0.1, -0.05) is 12.1 Å². The third-order valence-corrected chi connectivity index (χ3v) is 1.92. The summed E-state index contributed by atoms with van der Waals surface area (Å²) in [5.74, 6) is -0.839. The maximum absolute atomic E-state index is 12.8. The molecule has 1 rings (SSSR count). The molecule has 12 heavy (non-hydrogen) atoms. The highest BCUT2D eigenvalue weighted by atomic mass is 19.1. The van der Waals surface area contributed by atoms with Gasteiger partial charge in [0.25, 0.3) is 0 Å². The van der Waals surface area contributed by atoms with E-state index < -0.39 is 5.82 Å². The lowest BCUT2D eigenvalue weighted by Gasteiger charge is -2.12. The van der Waals surface area contributed by atoms with Crippen LogP contribution < -0.4 is 5.32 Å². The van der Waals surface area contributed by atoms with Gasteiger partial charge >= 0.3 is 0 Å². The highest BCUT2D eigenvalue weighted by Crippen LogP contribution is 2.25. The van der Waals surface area contributed by atoms with Crippen LogP contribution in [0.15, 0.2) is 18.2 Å². The Labute approximate surface area is 71.0 Å². The molecule has 1 unspecified atom stereocenters. The second kappa shape index (κ2) is 3.54. The predicted molar refractivity (Wildman–Crippen MR) is 45.5 cm³/mol. The van der Waals surface area contributed by atoms with Crippen molar-refractivity contribution in [2.45, 2.75) is 13.0 Å². The average molecular weight is 169 g/mol. The van der Waals surface area contributed by atoms with E-state index in [0.717, 1.165) is 0 Å². The molecule has 0 saturated heterocycles. The van der Waals surface area contributed by atoms with E-state index >= 15 is 0 Å². The number of halogens is 1. The van der Waals surface area contributed by atoms with Crippen molar-refractivity contribution in [1.82, 2.24) is 5.32 Å². The Hall–Kier alpha value is -1.09. The summed E-state index contributed by atoms with van der Waals surface area (Å²) in [6.07, 6.45) is 0. The van der Waals surface area contributed by atoms with Gasteiger partial charge in [-0.15, -0.1) is 0 Å².